The summed E-state index contributed by atoms with van der Waals surface area (Å²) in [7, 11) is 0. The van der Waals surface area contributed by atoms with Crippen molar-refractivity contribution in [1.29, 1.82) is 0 Å². The largest absolute Gasteiger partial charge is 0.458 e. The molecule has 17 heavy (non-hydrogen) atoms. The molecule has 0 spiro atoms. The Morgan fingerprint density at radius 2 is 2.00 bits per heavy atom. The lowest BCUT2D eigenvalue weighted by atomic mass is 10.2. The van der Waals surface area contributed by atoms with Crippen molar-refractivity contribution < 1.29 is 9.52 Å². The van der Waals surface area contributed by atoms with Crippen LogP contribution in [0.25, 0.3) is 11.3 Å². The van der Waals surface area contributed by atoms with Crippen molar-refractivity contribution in [3.8, 4) is 11.3 Å². The number of aliphatic hydroxyl groups excluding tert-OH is 1. The Morgan fingerprint density at radius 3 is 2.71 bits per heavy atom. The van der Waals surface area contributed by atoms with Gasteiger partial charge in [0.15, 0.2) is 0 Å². The number of hydrogen-bond acceptors (Lipinski definition) is 2. The molecule has 0 aliphatic carbocycles. The third-order valence-corrected chi connectivity index (χ3v) is 3.38. The topological polar surface area (TPSA) is 33.4 Å². The van der Waals surface area contributed by atoms with E-state index in [2.05, 4.69) is 0 Å². The molecule has 0 bridgehead atoms. The van der Waals surface area contributed by atoms with Crippen molar-refractivity contribution in [3.05, 3.63) is 46.1 Å². The molecule has 2 nitrogen and oxygen atoms in total. The molecule has 1 atom stereocenters. The van der Waals surface area contributed by atoms with E-state index in [0.29, 0.717) is 28.0 Å². The summed E-state index contributed by atoms with van der Waals surface area (Å²) in [6.07, 6.45) is 0.0256. The molecule has 0 aliphatic rings. The molecule has 0 radical (unpaired) electrons. The number of furan rings is 1. The molecule has 0 saturated heterocycles. The van der Waals surface area contributed by atoms with E-state index in [9.17, 15) is 5.11 Å². The predicted molar refractivity (Wildman–Crippen MR) is 69.4 cm³/mol. The van der Waals surface area contributed by atoms with Crippen LogP contribution in [0, 0.1) is 0 Å². The predicted octanol–water partition coefficient (Wildman–Crippen LogP) is 4.70. The molecule has 1 aromatic carbocycles. The molecule has 2 rings (SSSR count). The van der Waals surface area contributed by atoms with E-state index in [1.54, 1.807) is 18.2 Å². The van der Waals surface area contributed by atoms with Crippen molar-refractivity contribution >= 4 is 23.2 Å². The molecule has 1 N–H and O–H groups in total. The maximum absolute atomic E-state index is 9.66. The third kappa shape index (κ3) is 2.49. The molecule has 0 saturated carbocycles. The Kier molecular flexibility index (Phi) is 3.77. The van der Waals surface area contributed by atoms with Crippen LogP contribution in [-0.2, 0) is 0 Å². The first-order valence-electron chi connectivity index (χ1n) is 5.35. The van der Waals surface area contributed by atoms with Gasteiger partial charge in [0.1, 0.15) is 17.6 Å². The fraction of sp³-hybridized carbons (Fsp3) is 0.231. The van der Waals surface area contributed by atoms with Crippen LogP contribution in [0.1, 0.15) is 25.2 Å². The van der Waals surface area contributed by atoms with Crippen LogP contribution in [0.3, 0.4) is 0 Å². The van der Waals surface area contributed by atoms with E-state index < -0.39 is 6.10 Å². The highest BCUT2D eigenvalue weighted by Gasteiger charge is 2.14. The van der Waals surface area contributed by atoms with Crippen LogP contribution < -0.4 is 0 Å². The highest BCUT2D eigenvalue weighted by atomic mass is 35.5. The number of rotatable bonds is 3. The lowest BCUT2D eigenvalue weighted by Gasteiger charge is -2.04. The molecule has 90 valence electrons. The summed E-state index contributed by atoms with van der Waals surface area (Å²) in [5.41, 5.74) is 0.730. The number of hydrogen-bond donors (Lipinski definition) is 1. The van der Waals surface area contributed by atoms with Gasteiger partial charge in [0.05, 0.1) is 10.0 Å². The van der Waals surface area contributed by atoms with Crippen molar-refractivity contribution in [1.82, 2.24) is 0 Å². The van der Waals surface area contributed by atoms with Crippen molar-refractivity contribution in [3.63, 3.8) is 0 Å². The lowest BCUT2D eigenvalue weighted by molar-refractivity contribution is 0.147. The number of benzene rings is 1. The van der Waals surface area contributed by atoms with Gasteiger partial charge in [-0.15, -0.1) is 0 Å². The Hall–Kier alpha value is -0.960. The van der Waals surface area contributed by atoms with Crippen LogP contribution in [-0.4, -0.2) is 5.11 Å². The molecular weight excluding hydrogens is 259 g/mol. The zero-order valence-corrected chi connectivity index (χ0v) is 10.8. The standard InChI is InChI=1S/C13H12Cl2O2/c1-2-10(16)12-7-6-11(17-12)8-4-3-5-9(14)13(8)15/h3-7,10,16H,2H2,1H3. The minimum absolute atomic E-state index is 0.459. The molecule has 0 fully saturated rings. The van der Waals surface area contributed by atoms with Crippen LogP contribution >= 0.6 is 23.2 Å². The van der Waals surface area contributed by atoms with Gasteiger partial charge in [-0.3, -0.25) is 0 Å². The van der Waals surface area contributed by atoms with Crippen LogP contribution in [0.2, 0.25) is 10.0 Å². The molecule has 0 amide bonds. The Labute approximate surface area is 110 Å². The third-order valence-electron chi connectivity index (χ3n) is 2.56. The van der Waals surface area contributed by atoms with Crippen molar-refractivity contribution in [2.45, 2.75) is 19.4 Å². The van der Waals surface area contributed by atoms with E-state index >= 15 is 0 Å². The normalized spacial score (nSPS) is 12.7. The zero-order chi connectivity index (χ0) is 12.4. The van der Waals surface area contributed by atoms with E-state index in [1.807, 2.05) is 19.1 Å². The first-order chi connectivity index (χ1) is 8.13. The summed E-state index contributed by atoms with van der Waals surface area (Å²) in [6.45, 7) is 1.89. The molecule has 1 aromatic heterocycles. The Balaban J connectivity index is 2.40. The van der Waals surface area contributed by atoms with Gasteiger partial charge in [0.2, 0.25) is 0 Å². The smallest absolute Gasteiger partial charge is 0.135 e. The van der Waals surface area contributed by atoms with Crippen LogP contribution in [0.5, 0.6) is 0 Å². The Morgan fingerprint density at radius 1 is 1.24 bits per heavy atom. The molecule has 1 heterocycles. The van der Waals surface area contributed by atoms with Gasteiger partial charge in [-0.25, -0.2) is 0 Å². The number of aliphatic hydroxyl groups is 1. The minimum atomic E-state index is -0.582. The van der Waals surface area contributed by atoms with Gasteiger partial charge in [0, 0.05) is 5.56 Å². The second-order valence-electron chi connectivity index (χ2n) is 3.73. The average Bonchev–Trinajstić information content (AvgIpc) is 2.81. The highest BCUT2D eigenvalue weighted by molar-refractivity contribution is 6.43. The van der Waals surface area contributed by atoms with E-state index in [4.69, 9.17) is 27.6 Å². The summed E-state index contributed by atoms with van der Waals surface area (Å²) in [6, 6.07) is 8.89. The first-order valence-corrected chi connectivity index (χ1v) is 6.11. The first kappa shape index (κ1) is 12.5. The summed E-state index contributed by atoms with van der Waals surface area (Å²) in [5, 5.41) is 10.6. The summed E-state index contributed by atoms with van der Waals surface area (Å²) < 4.78 is 5.57. The summed E-state index contributed by atoms with van der Waals surface area (Å²) >= 11 is 12.0. The van der Waals surface area contributed by atoms with E-state index in [1.165, 1.54) is 0 Å². The quantitative estimate of drug-likeness (QED) is 0.877. The maximum atomic E-state index is 9.66. The molecular formula is C13H12Cl2O2. The summed E-state index contributed by atoms with van der Waals surface area (Å²) in [5.74, 6) is 1.15. The summed E-state index contributed by atoms with van der Waals surface area (Å²) in [4.78, 5) is 0. The fourth-order valence-corrected chi connectivity index (χ4v) is 1.97. The van der Waals surface area contributed by atoms with Crippen molar-refractivity contribution in [2.24, 2.45) is 0 Å². The number of halogens is 2. The monoisotopic (exact) mass is 270 g/mol. The average molecular weight is 271 g/mol. The Bertz CT molecular complexity index is 520. The lowest BCUT2D eigenvalue weighted by Crippen LogP contribution is -1.91. The second kappa shape index (κ2) is 5.13. The highest BCUT2D eigenvalue weighted by Crippen LogP contribution is 2.35. The second-order valence-corrected chi connectivity index (χ2v) is 4.51. The van der Waals surface area contributed by atoms with E-state index in [-0.39, 0.29) is 0 Å². The van der Waals surface area contributed by atoms with E-state index in [0.717, 1.165) is 5.56 Å². The van der Waals surface area contributed by atoms with Gasteiger partial charge < -0.3 is 9.52 Å². The van der Waals surface area contributed by atoms with Crippen molar-refractivity contribution in [2.75, 3.05) is 0 Å². The molecule has 1 unspecified atom stereocenters. The zero-order valence-electron chi connectivity index (χ0n) is 9.28. The maximum Gasteiger partial charge on any atom is 0.135 e. The molecule has 4 heteroatoms. The van der Waals surface area contributed by atoms with Gasteiger partial charge in [-0.2, -0.15) is 0 Å². The fourth-order valence-electron chi connectivity index (χ4n) is 1.57. The molecule has 2 aromatic rings. The van der Waals surface area contributed by atoms with Gasteiger partial charge in [-0.1, -0.05) is 36.2 Å². The van der Waals surface area contributed by atoms with Crippen LogP contribution in [0.15, 0.2) is 34.7 Å². The van der Waals surface area contributed by atoms with Gasteiger partial charge in [-0.05, 0) is 30.7 Å². The van der Waals surface area contributed by atoms with Crippen LogP contribution in [0.4, 0.5) is 0 Å². The van der Waals surface area contributed by atoms with Gasteiger partial charge >= 0.3 is 0 Å². The minimum Gasteiger partial charge on any atom is -0.458 e. The van der Waals surface area contributed by atoms with Gasteiger partial charge in [0.25, 0.3) is 0 Å². The molecule has 0 aliphatic heterocycles. The SMILES string of the molecule is CCC(O)c1ccc(-c2cccc(Cl)c2Cl)o1.